The number of hydrogen-bond donors (Lipinski definition) is 2. The Morgan fingerprint density at radius 2 is 1.88 bits per heavy atom. The van der Waals surface area contributed by atoms with E-state index in [9.17, 15) is 9.59 Å². The van der Waals surface area contributed by atoms with E-state index in [1.54, 1.807) is 7.11 Å². The summed E-state index contributed by atoms with van der Waals surface area (Å²) < 4.78 is 11.9. The molecule has 0 bridgehead atoms. The maximum atomic E-state index is 12.3. The topological polar surface area (TPSA) is 83.8 Å². The van der Waals surface area contributed by atoms with Crippen molar-refractivity contribution in [2.45, 2.75) is 38.8 Å². The lowest BCUT2D eigenvalue weighted by atomic mass is 9.79. The number of methoxy groups -OCH3 is 1. The van der Waals surface area contributed by atoms with Crippen LogP contribution in [0.15, 0.2) is 46.9 Å². The summed E-state index contributed by atoms with van der Waals surface area (Å²) in [4.78, 5) is 26.3. The molecule has 2 aromatic carbocycles. The fourth-order valence-electron chi connectivity index (χ4n) is 5.32. The second kappa shape index (κ2) is 8.23. The molecule has 3 amide bonds. The number of nitrogens with one attached hydrogen (secondary N) is 2. The highest BCUT2D eigenvalue weighted by Gasteiger charge is 2.48. The molecule has 2 fully saturated rings. The van der Waals surface area contributed by atoms with E-state index in [1.807, 2.05) is 32.0 Å². The summed E-state index contributed by atoms with van der Waals surface area (Å²) in [5, 5.41) is 6.25. The van der Waals surface area contributed by atoms with Crippen LogP contribution in [0, 0.1) is 12.8 Å². The van der Waals surface area contributed by atoms with Crippen LogP contribution in [0.4, 0.5) is 4.79 Å². The molecule has 0 spiro atoms. The summed E-state index contributed by atoms with van der Waals surface area (Å²) >= 11 is 0. The van der Waals surface area contributed by atoms with E-state index >= 15 is 0 Å². The Hall–Kier alpha value is -3.32. The number of ether oxygens (including phenoxy) is 1. The number of amides is 3. The van der Waals surface area contributed by atoms with E-state index in [0.29, 0.717) is 0 Å². The summed E-state index contributed by atoms with van der Waals surface area (Å²) in [6, 6.07) is 14.0. The molecule has 0 aliphatic carbocycles. The minimum absolute atomic E-state index is 0.116. The fourth-order valence-corrected chi connectivity index (χ4v) is 5.32. The molecule has 7 heteroatoms. The summed E-state index contributed by atoms with van der Waals surface area (Å²) in [6.45, 7) is 6.25. The van der Waals surface area contributed by atoms with Gasteiger partial charge in [0.2, 0.25) is 0 Å². The number of furan rings is 1. The zero-order valence-corrected chi connectivity index (χ0v) is 19.2. The van der Waals surface area contributed by atoms with Gasteiger partial charge in [-0.05, 0) is 63.4 Å². The van der Waals surface area contributed by atoms with Crippen LogP contribution in [0.25, 0.3) is 22.1 Å². The van der Waals surface area contributed by atoms with Gasteiger partial charge in [0.1, 0.15) is 22.6 Å². The largest absolute Gasteiger partial charge is 0.496 e. The van der Waals surface area contributed by atoms with Crippen molar-refractivity contribution in [1.82, 2.24) is 15.5 Å². The molecule has 7 nitrogen and oxygen atoms in total. The highest BCUT2D eigenvalue weighted by atomic mass is 16.5. The van der Waals surface area contributed by atoms with Crippen LogP contribution in [0.5, 0.6) is 5.75 Å². The number of fused-ring (bicyclic) bond motifs is 1. The predicted octanol–water partition coefficient (Wildman–Crippen LogP) is 4.23. The van der Waals surface area contributed by atoms with Crippen LogP contribution in [-0.2, 0) is 11.3 Å². The van der Waals surface area contributed by atoms with Gasteiger partial charge in [-0.15, -0.1) is 0 Å². The third-order valence-corrected chi connectivity index (χ3v) is 7.20. The van der Waals surface area contributed by atoms with Crippen molar-refractivity contribution in [1.29, 1.82) is 0 Å². The van der Waals surface area contributed by atoms with Gasteiger partial charge in [0, 0.05) is 23.1 Å². The second-order valence-corrected chi connectivity index (χ2v) is 9.22. The van der Waals surface area contributed by atoms with Gasteiger partial charge in [0.15, 0.2) is 0 Å². The molecule has 172 valence electrons. The van der Waals surface area contributed by atoms with Crippen LogP contribution in [-0.4, -0.2) is 42.6 Å². The first-order chi connectivity index (χ1) is 15.9. The molecule has 2 aliphatic heterocycles. The van der Waals surface area contributed by atoms with Gasteiger partial charge in [-0.1, -0.05) is 30.3 Å². The average molecular weight is 448 g/mol. The van der Waals surface area contributed by atoms with Crippen molar-refractivity contribution in [3.05, 3.63) is 53.8 Å². The Kier molecular flexibility index (Phi) is 5.37. The zero-order chi connectivity index (χ0) is 23.2. The second-order valence-electron chi connectivity index (χ2n) is 9.22. The molecule has 0 radical (unpaired) electrons. The molecule has 0 unspecified atom stereocenters. The number of urea groups is 1. The SMILES string of the molecule is COc1cc2c(-c3ccccc3)c(C)oc2cc1CN1CCC([C@]2(C)NC(=O)NC2=O)CC1. The lowest BCUT2D eigenvalue weighted by Gasteiger charge is -2.38. The number of hydrogen-bond acceptors (Lipinski definition) is 5. The van der Waals surface area contributed by atoms with E-state index in [1.165, 1.54) is 0 Å². The first-order valence-electron chi connectivity index (χ1n) is 11.4. The highest BCUT2D eigenvalue weighted by Crippen LogP contribution is 2.39. The molecule has 5 rings (SSSR count). The Balaban J connectivity index is 1.36. The molecule has 3 aromatic rings. The van der Waals surface area contributed by atoms with Crippen LogP contribution < -0.4 is 15.4 Å². The van der Waals surface area contributed by atoms with E-state index in [2.05, 4.69) is 39.8 Å². The Morgan fingerprint density at radius 1 is 1.15 bits per heavy atom. The van der Waals surface area contributed by atoms with Crippen molar-refractivity contribution in [3.63, 3.8) is 0 Å². The van der Waals surface area contributed by atoms with Gasteiger partial charge in [-0.2, -0.15) is 0 Å². The molecule has 33 heavy (non-hydrogen) atoms. The Bertz CT molecular complexity index is 1210. The molecule has 1 atom stereocenters. The molecule has 3 heterocycles. The van der Waals surface area contributed by atoms with Crippen molar-refractivity contribution >= 4 is 22.9 Å². The quantitative estimate of drug-likeness (QED) is 0.572. The van der Waals surface area contributed by atoms with Crippen LogP contribution in [0.3, 0.4) is 0 Å². The minimum Gasteiger partial charge on any atom is -0.496 e. The van der Waals surface area contributed by atoms with Crippen LogP contribution in [0.1, 0.15) is 31.1 Å². The van der Waals surface area contributed by atoms with Crippen LogP contribution in [0.2, 0.25) is 0 Å². The maximum Gasteiger partial charge on any atom is 0.322 e. The maximum absolute atomic E-state index is 12.3. The monoisotopic (exact) mass is 447 g/mol. The number of imide groups is 1. The highest BCUT2D eigenvalue weighted by molar-refractivity contribution is 6.07. The van der Waals surface area contributed by atoms with E-state index in [0.717, 1.165) is 71.6 Å². The standard InChI is InChI=1S/C26H29N3O4/c1-16-23(17-7-5-4-6-8-17)20-14-21(32-3)18(13-22(20)33-16)15-29-11-9-19(10-12-29)26(2)24(30)27-25(31)28-26/h4-8,13-14,19H,9-12,15H2,1-3H3,(H2,27,28,30,31)/t26-/m0/s1. The summed E-state index contributed by atoms with van der Waals surface area (Å²) in [7, 11) is 1.70. The summed E-state index contributed by atoms with van der Waals surface area (Å²) in [5.74, 6) is 1.63. The first kappa shape index (κ1) is 21.5. The van der Waals surface area contributed by atoms with Gasteiger partial charge < -0.3 is 14.5 Å². The number of carbonyl (C=O) groups is 2. The number of likely N-dealkylation sites (tertiary alicyclic amines) is 1. The molecule has 2 N–H and O–H groups in total. The van der Waals surface area contributed by atoms with E-state index in [4.69, 9.17) is 9.15 Å². The number of piperidine rings is 1. The van der Waals surface area contributed by atoms with Crippen LogP contribution >= 0.6 is 0 Å². The number of aryl methyl sites for hydroxylation is 1. The van der Waals surface area contributed by atoms with Crippen molar-refractivity contribution in [2.75, 3.05) is 20.2 Å². The lowest BCUT2D eigenvalue weighted by molar-refractivity contribution is -0.125. The molecule has 2 saturated heterocycles. The molecular weight excluding hydrogens is 418 g/mol. The first-order valence-corrected chi connectivity index (χ1v) is 11.4. The average Bonchev–Trinajstić information content (AvgIpc) is 3.27. The summed E-state index contributed by atoms with van der Waals surface area (Å²) in [6.07, 6.45) is 1.68. The zero-order valence-electron chi connectivity index (χ0n) is 19.2. The molecule has 2 aliphatic rings. The van der Waals surface area contributed by atoms with Gasteiger partial charge in [0.25, 0.3) is 5.91 Å². The molecular formula is C26H29N3O4. The van der Waals surface area contributed by atoms with E-state index < -0.39 is 11.6 Å². The van der Waals surface area contributed by atoms with Gasteiger partial charge in [-0.25, -0.2) is 4.79 Å². The van der Waals surface area contributed by atoms with Crippen molar-refractivity contribution in [2.24, 2.45) is 5.92 Å². The van der Waals surface area contributed by atoms with Gasteiger partial charge in [0.05, 0.1) is 7.11 Å². The molecule has 0 saturated carbocycles. The third kappa shape index (κ3) is 3.76. The number of nitrogens with zero attached hydrogens (tertiary/aromatic N) is 1. The van der Waals surface area contributed by atoms with Gasteiger partial charge >= 0.3 is 6.03 Å². The number of rotatable bonds is 5. The number of benzene rings is 2. The van der Waals surface area contributed by atoms with Gasteiger partial charge in [-0.3, -0.25) is 15.0 Å². The van der Waals surface area contributed by atoms with E-state index in [-0.39, 0.29) is 11.8 Å². The lowest BCUT2D eigenvalue weighted by Crippen LogP contribution is -2.53. The third-order valence-electron chi connectivity index (χ3n) is 7.20. The van der Waals surface area contributed by atoms with Crippen molar-refractivity contribution in [3.8, 4) is 16.9 Å². The number of carbonyl (C=O) groups excluding carboxylic acids is 2. The Morgan fingerprint density at radius 3 is 2.52 bits per heavy atom. The predicted molar refractivity (Wildman–Crippen MR) is 126 cm³/mol. The summed E-state index contributed by atoms with van der Waals surface area (Å²) in [5.41, 5.74) is 3.34. The normalized spacial score (nSPS) is 21.9. The molecule has 1 aromatic heterocycles. The van der Waals surface area contributed by atoms with Crippen molar-refractivity contribution < 1.29 is 18.7 Å². The Labute approximate surface area is 193 Å². The smallest absolute Gasteiger partial charge is 0.322 e. The minimum atomic E-state index is -0.820. The fraction of sp³-hybridized carbons (Fsp3) is 0.385.